The molecule has 0 unspecified atom stereocenters. The Morgan fingerprint density at radius 1 is 1.12 bits per heavy atom. The second-order valence-corrected chi connectivity index (χ2v) is 8.26. The molecule has 1 amide bonds. The number of esters is 1. The number of methoxy groups -OCH3 is 1. The highest BCUT2D eigenvalue weighted by Crippen LogP contribution is 2.36. The Hall–Kier alpha value is -2.85. The largest absolute Gasteiger partial charge is 0.469 e. The van der Waals surface area contributed by atoms with Crippen LogP contribution >= 0.6 is 0 Å². The summed E-state index contributed by atoms with van der Waals surface area (Å²) in [5.74, 6) is -1.09. The first-order valence-electron chi connectivity index (χ1n) is 11.2. The summed E-state index contributed by atoms with van der Waals surface area (Å²) in [6, 6.07) is 4.64. The summed E-state index contributed by atoms with van der Waals surface area (Å²) >= 11 is 0. The van der Waals surface area contributed by atoms with Gasteiger partial charge in [-0.2, -0.15) is 13.2 Å². The van der Waals surface area contributed by atoms with E-state index in [-0.39, 0.29) is 18.4 Å². The average molecular weight is 482 g/mol. The van der Waals surface area contributed by atoms with Gasteiger partial charge in [-0.05, 0) is 37.5 Å². The van der Waals surface area contributed by atoms with Gasteiger partial charge in [-0.15, -0.1) is 0 Å². The number of alkyl halides is 3. The quantitative estimate of drug-likeness (QED) is 0.555. The summed E-state index contributed by atoms with van der Waals surface area (Å²) < 4.78 is 51.3. The smallest absolute Gasteiger partial charge is 0.416 e. The summed E-state index contributed by atoms with van der Waals surface area (Å²) in [5, 5.41) is 0. The summed E-state index contributed by atoms with van der Waals surface area (Å²) in [7, 11) is 1.29. The highest BCUT2D eigenvalue weighted by Gasteiger charge is 2.31. The van der Waals surface area contributed by atoms with E-state index in [1.165, 1.54) is 19.2 Å². The van der Waals surface area contributed by atoms with Crippen molar-refractivity contribution < 1.29 is 32.2 Å². The molecule has 2 aromatic rings. The Balaban J connectivity index is 1.99. The van der Waals surface area contributed by atoms with Gasteiger partial charge in [0.25, 0.3) is 5.91 Å². The van der Waals surface area contributed by atoms with E-state index >= 15 is 0 Å². The SMILES string of the molecule is COC(=O)CCc1c(-c2ccc(C(F)(F)F)cc2)c(C(N)=O)c(C)n1CCCN1CCOCC1. The molecule has 1 saturated heterocycles. The van der Waals surface area contributed by atoms with Gasteiger partial charge >= 0.3 is 12.1 Å². The number of ether oxygens (including phenoxy) is 2. The van der Waals surface area contributed by atoms with E-state index in [0.717, 1.165) is 38.2 Å². The van der Waals surface area contributed by atoms with Crippen molar-refractivity contribution in [2.75, 3.05) is 40.0 Å². The molecule has 0 saturated carbocycles. The average Bonchev–Trinajstić information content (AvgIpc) is 3.09. The van der Waals surface area contributed by atoms with E-state index < -0.39 is 23.6 Å². The van der Waals surface area contributed by atoms with Gasteiger partial charge < -0.3 is 19.8 Å². The van der Waals surface area contributed by atoms with E-state index in [4.69, 9.17) is 15.2 Å². The van der Waals surface area contributed by atoms with Gasteiger partial charge in [0.2, 0.25) is 0 Å². The van der Waals surface area contributed by atoms with Gasteiger partial charge in [0, 0.05) is 43.1 Å². The molecule has 1 fully saturated rings. The molecule has 0 atom stereocenters. The van der Waals surface area contributed by atoms with Crippen LogP contribution in [-0.2, 0) is 33.4 Å². The predicted molar refractivity (Wildman–Crippen MR) is 120 cm³/mol. The lowest BCUT2D eigenvalue weighted by Gasteiger charge is -2.26. The fraction of sp³-hybridized carbons (Fsp3) is 0.500. The van der Waals surface area contributed by atoms with Crippen LogP contribution in [-0.4, -0.2) is 61.3 Å². The molecule has 34 heavy (non-hydrogen) atoms. The van der Waals surface area contributed by atoms with Gasteiger partial charge in [-0.3, -0.25) is 14.5 Å². The number of hydrogen-bond acceptors (Lipinski definition) is 5. The van der Waals surface area contributed by atoms with Crippen molar-refractivity contribution in [1.29, 1.82) is 0 Å². The maximum absolute atomic E-state index is 13.1. The number of primary amides is 1. The van der Waals surface area contributed by atoms with Crippen LogP contribution in [0.15, 0.2) is 24.3 Å². The van der Waals surface area contributed by atoms with Crippen molar-refractivity contribution in [3.8, 4) is 11.1 Å². The third-order valence-electron chi connectivity index (χ3n) is 6.13. The molecule has 1 aliphatic rings. The van der Waals surface area contributed by atoms with Crippen molar-refractivity contribution in [1.82, 2.24) is 9.47 Å². The van der Waals surface area contributed by atoms with Crippen LogP contribution in [0.2, 0.25) is 0 Å². The highest BCUT2D eigenvalue weighted by molar-refractivity contribution is 6.02. The van der Waals surface area contributed by atoms with E-state index in [0.29, 0.717) is 42.3 Å². The van der Waals surface area contributed by atoms with Crippen molar-refractivity contribution in [2.45, 2.75) is 38.9 Å². The molecule has 10 heteroatoms. The third kappa shape index (κ3) is 5.98. The molecule has 0 aliphatic carbocycles. The normalized spacial score (nSPS) is 14.9. The number of halogens is 3. The molecule has 0 radical (unpaired) electrons. The number of morpholine rings is 1. The van der Waals surface area contributed by atoms with Crippen LogP contribution in [0.3, 0.4) is 0 Å². The van der Waals surface area contributed by atoms with Gasteiger partial charge in [0.1, 0.15) is 0 Å². The Labute approximate surface area is 196 Å². The van der Waals surface area contributed by atoms with Crippen LogP contribution in [0.4, 0.5) is 13.2 Å². The first-order valence-corrected chi connectivity index (χ1v) is 11.2. The number of aromatic nitrogens is 1. The first-order chi connectivity index (χ1) is 16.1. The van der Waals surface area contributed by atoms with Gasteiger partial charge in [0.15, 0.2) is 0 Å². The van der Waals surface area contributed by atoms with Crippen LogP contribution < -0.4 is 5.73 Å². The molecule has 2 N–H and O–H groups in total. The molecular weight excluding hydrogens is 451 g/mol. The molecule has 3 rings (SSSR count). The van der Waals surface area contributed by atoms with Gasteiger partial charge in [-0.1, -0.05) is 12.1 Å². The summed E-state index contributed by atoms with van der Waals surface area (Å²) in [6.07, 6.45) is -3.37. The number of amides is 1. The lowest BCUT2D eigenvalue weighted by atomic mass is 9.97. The summed E-state index contributed by atoms with van der Waals surface area (Å²) in [6.45, 7) is 6.25. The lowest BCUT2D eigenvalue weighted by Crippen LogP contribution is -2.37. The summed E-state index contributed by atoms with van der Waals surface area (Å²) in [5.41, 5.74) is 7.40. The second-order valence-electron chi connectivity index (χ2n) is 8.26. The molecule has 1 aliphatic heterocycles. The summed E-state index contributed by atoms with van der Waals surface area (Å²) in [4.78, 5) is 26.6. The predicted octanol–water partition coefficient (Wildman–Crippen LogP) is 3.41. The fourth-order valence-electron chi connectivity index (χ4n) is 4.40. The molecule has 1 aromatic carbocycles. The molecule has 0 bridgehead atoms. The Kier molecular flexibility index (Phi) is 8.37. The lowest BCUT2D eigenvalue weighted by molar-refractivity contribution is -0.140. The van der Waals surface area contributed by atoms with E-state index in [1.54, 1.807) is 6.92 Å². The number of hydrogen-bond donors (Lipinski definition) is 1. The molecule has 7 nitrogen and oxygen atoms in total. The molecule has 0 spiro atoms. The molecule has 1 aromatic heterocycles. The highest BCUT2D eigenvalue weighted by atomic mass is 19.4. The van der Waals surface area contributed by atoms with Gasteiger partial charge in [-0.25, -0.2) is 0 Å². The molecule has 2 heterocycles. The number of rotatable bonds is 9. The molecule has 186 valence electrons. The van der Waals surface area contributed by atoms with E-state index in [2.05, 4.69) is 4.90 Å². The van der Waals surface area contributed by atoms with Crippen LogP contribution in [0.1, 0.15) is 40.2 Å². The molecular formula is C24H30F3N3O4. The fourth-order valence-corrected chi connectivity index (χ4v) is 4.40. The zero-order chi connectivity index (χ0) is 24.9. The first kappa shape index (κ1) is 25.8. The third-order valence-corrected chi connectivity index (χ3v) is 6.13. The van der Waals surface area contributed by atoms with Crippen molar-refractivity contribution in [3.63, 3.8) is 0 Å². The minimum atomic E-state index is -4.47. The Morgan fingerprint density at radius 3 is 2.32 bits per heavy atom. The number of carbonyl (C=O) groups is 2. The minimum Gasteiger partial charge on any atom is -0.469 e. The number of nitrogens with two attached hydrogens (primary N) is 1. The zero-order valence-electron chi connectivity index (χ0n) is 19.4. The van der Waals surface area contributed by atoms with Crippen molar-refractivity contribution >= 4 is 11.9 Å². The standard InChI is InChI=1S/C24H30F3N3O4/c1-16-21(23(28)32)22(17-4-6-18(7-5-17)24(25,26)27)19(8-9-20(31)33-2)30(16)11-3-10-29-12-14-34-15-13-29/h4-7H,3,8-15H2,1-2H3,(H2,28,32). The topological polar surface area (TPSA) is 86.8 Å². The van der Waals surface area contributed by atoms with Crippen molar-refractivity contribution in [2.24, 2.45) is 5.73 Å². The monoisotopic (exact) mass is 481 g/mol. The number of carbonyl (C=O) groups excluding carboxylic acids is 2. The maximum atomic E-state index is 13.1. The number of nitrogens with zero attached hydrogens (tertiary/aromatic N) is 2. The number of benzene rings is 1. The Morgan fingerprint density at radius 2 is 1.76 bits per heavy atom. The Bertz CT molecular complexity index is 1010. The second kappa shape index (κ2) is 11.1. The van der Waals surface area contributed by atoms with Crippen LogP contribution in [0, 0.1) is 6.92 Å². The maximum Gasteiger partial charge on any atom is 0.416 e. The van der Waals surface area contributed by atoms with E-state index in [9.17, 15) is 22.8 Å². The van der Waals surface area contributed by atoms with Crippen LogP contribution in [0.25, 0.3) is 11.1 Å². The van der Waals surface area contributed by atoms with Crippen LogP contribution in [0.5, 0.6) is 0 Å². The van der Waals surface area contributed by atoms with Gasteiger partial charge in [0.05, 0.1) is 37.9 Å². The minimum absolute atomic E-state index is 0.0647. The van der Waals surface area contributed by atoms with E-state index in [1.807, 2.05) is 4.57 Å². The zero-order valence-corrected chi connectivity index (χ0v) is 19.4. The van der Waals surface area contributed by atoms with Crippen molar-refractivity contribution in [3.05, 3.63) is 46.8 Å².